The van der Waals surface area contributed by atoms with Crippen LogP contribution in [0, 0.1) is 20.2 Å². The minimum absolute atomic E-state index is 0.785. The molecule has 1 unspecified atom stereocenters. The lowest BCUT2D eigenvalue weighted by atomic mass is 9.90. The highest BCUT2D eigenvalue weighted by atomic mass is 16.7. The van der Waals surface area contributed by atoms with Crippen LogP contribution < -0.4 is 17.0 Å². The van der Waals surface area contributed by atoms with Crippen molar-refractivity contribution >= 4 is 0 Å². The Balaban J connectivity index is 0.00000121. The van der Waals surface area contributed by atoms with E-state index in [1.165, 1.54) is 12.2 Å². The van der Waals surface area contributed by atoms with Gasteiger partial charge in [-0.25, -0.2) is 5.43 Å². The third-order valence-corrected chi connectivity index (χ3v) is 2.20. The molecule has 0 spiro atoms. The quantitative estimate of drug-likeness (QED) is 0.194. The average Bonchev–Trinajstić information content (AvgIpc) is 2.31. The fourth-order valence-corrected chi connectivity index (χ4v) is 1.30. The smallest absolute Gasteiger partial charge is 0.296 e. The van der Waals surface area contributed by atoms with Crippen molar-refractivity contribution in [3.63, 3.8) is 0 Å². The molecular formula is C8H13N5O4. The molecule has 5 N–H and O–H groups in total. The standard InChI is InChI=1S/C6H9N5O4.C2H4/c7-5(9-8)3-1-2-4-6(5,10(12)13)11(14)15;1-2/h1-4,9H,7-8H2;1-2H2. The molecule has 0 fully saturated rings. The molecule has 0 aliphatic heterocycles. The third kappa shape index (κ3) is 2.06. The van der Waals surface area contributed by atoms with E-state index >= 15 is 0 Å². The van der Waals surface area contributed by atoms with Crippen LogP contribution in [0.5, 0.6) is 0 Å². The van der Waals surface area contributed by atoms with Gasteiger partial charge in [-0.2, -0.15) is 0 Å². The molecule has 0 aromatic rings. The number of nitro groups is 2. The Morgan fingerprint density at radius 3 is 1.82 bits per heavy atom. The van der Waals surface area contributed by atoms with Crippen LogP contribution in [0.15, 0.2) is 37.5 Å². The second-order valence-electron chi connectivity index (χ2n) is 2.97. The summed E-state index contributed by atoms with van der Waals surface area (Å²) >= 11 is 0. The Kier molecular flexibility index (Phi) is 4.64. The number of hydrogen-bond acceptors (Lipinski definition) is 7. The van der Waals surface area contributed by atoms with Crippen molar-refractivity contribution in [3.05, 3.63) is 57.7 Å². The van der Waals surface area contributed by atoms with Crippen molar-refractivity contribution in [2.45, 2.75) is 11.3 Å². The largest absolute Gasteiger partial charge is 0.512 e. The van der Waals surface area contributed by atoms with Crippen LogP contribution in [-0.2, 0) is 0 Å². The van der Waals surface area contributed by atoms with Gasteiger partial charge in [-0.05, 0) is 6.08 Å². The first kappa shape index (κ1) is 14.9. The molecule has 0 aromatic carbocycles. The first-order valence-electron chi connectivity index (χ1n) is 4.33. The zero-order chi connectivity index (χ0) is 13.7. The van der Waals surface area contributed by atoms with E-state index < -0.39 is 21.2 Å². The van der Waals surface area contributed by atoms with Crippen LogP contribution in [0.2, 0.25) is 0 Å². The van der Waals surface area contributed by atoms with Crippen molar-refractivity contribution < 1.29 is 9.85 Å². The molecule has 0 amide bonds. The Morgan fingerprint density at radius 2 is 1.53 bits per heavy atom. The summed E-state index contributed by atoms with van der Waals surface area (Å²) in [5.41, 5.74) is 2.61. The van der Waals surface area contributed by atoms with Gasteiger partial charge in [-0.3, -0.25) is 31.8 Å². The van der Waals surface area contributed by atoms with Crippen LogP contribution in [0.4, 0.5) is 0 Å². The summed E-state index contributed by atoms with van der Waals surface area (Å²) in [4.78, 5) is 19.4. The molecule has 1 aliphatic rings. The lowest BCUT2D eigenvalue weighted by molar-refractivity contribution is -0.790. The topological polar surface area (TPSA) is 150 Å². The third-order valence-electron chi connectivity index (χ3n) is 2.20. The number of allylic oxidation sites excluding steroid dienone is 2. The highest BCUT2D eigenvalue weighted by Gasteiger charge is 2.69. The maximum atomic E-state index is 10.8. The zero-order valence-corrected chi connectivity index (χ0v) is 8.91. The molecule has 0 heterocycles. The van der Waals surface area contributed by atoms with Gasteiger partial charge in [0.15, 0.2) is 0 Å². The highest BCUT2D eigenvalue weighted by molar-refractivity contribution is 5.26. The maximum absolute atomic E-state index is 10.8. The van der Waals surface area contributed by atoms with Gasteiger partial charge < -0.3 is 0 Å². The van der Waals surface area contributed by atoms with Crippen molar-refractivity contribution in [2.24, 2.45) is 11.6 Å². The van der Waals surface area contributed by atoms with Crippen LogP contribution in [0.25, 0.3) is 0 Å². The first-order chi connectivity index (χ1) is 7.90. The number of nitrogens with zero attached hydrogens (tertiary/aromatic N) is 2. The van der Waals surface area contributed by atoms with Gasteiger partial charge in [-0.15, -0.1) is 13.2 Å². The molecule has 1 rings (SSSR count). The van der Waals surface area contributed by atoms with Crippen LogP contribution in [0.3, 0.4) is 0 Å². The average molecular weight is 243 g/mol. The Labute approximate surface area is 96.7 Å². The van der Waals surface area contributed by atoms with E-state index in [1.54, 1.807) is 0 Å². The Hall–Kier alpha value is -2.10. The maximum Gasteiger partial charge on any atom is 0.512 e. The predicted molar refractivity (Wildman–Crippen MR) is 60.5 cm³/mol. The number of hydrazine groups is 1. The molecule has 17 heavy (non-hydrogen) atoms. The van der Waals surface area contributed by atoms with E-state index in [-0.39, 0.29) is 0 Å². The lowest BCUT2D eigenvalue weighted by Crippen LogP contribution is -2.75. The summed E-state index contributed by atoms with van der Waals surface area (Å²) in [5, 5.41) is 21.6. The summed E-state index contributed by atoms with van der Waals surface area (Å²) in [7, 11) is 0. The SMILES string of the molecule is C=C.NNC1(N)C=CC=CC1([N+](=O)[O-])[N+](=O)[O-]. The normalized spacial score (nSPS) is 24.6. The number of nitrogens with two attached hydrogens (primary N) is 2. The fraction of sp³-hybridized carbons (Fsp3) is 0.250. The van der Waals surface area contributed by atoms with Gasteiger partial charge >= 0.3 is 5.66 Å². The molecule has 9 nitrogen and oxygen atoms in total. The van der Waals surface area contributed by atoms with Crippen LogP contribution in [-0.4, -0.2) is 21.2 Å². The minimum Gasteiger partial charge on any atom is -0.296 e. The predicted octanol–water partition coefficient (Wildman–Crippen LogP) is -0.717. The van der Waals surface area contributed by atoms with Gasteiger partial charge in [0.2, 0.25) is 5.66 Å². The summed E-state index contributed by atoms with van der Waals surface area (Å²) in [6.45, 7) is 6.00. The van der Waals surface area contributed by atoms with Crippen molar-refractivity contribution in [1.29, 1.82) is 0 Å². The Bertz CT molecular complexity index is 366. The van der Waals surface area contributed by atoms with Gasteiger partial charge in [-0.1, -0.05) is 12.2 Å². The minimum atomic E-state index is -2.70. The monoisotopic (exact) mass is 243 g/mol. The molecule has 9 heteroatoms. The molecule has 0 bridgehead atoms. The van der Waals surface area contributed by atoms with Gasteiger partial charge in [0.1, 0.15) is 9.85 Å². The van der Waals surface area contributed by atoms with Crippen molar-refractivity contribution in [3.8, 4) is 0 Å². The first-order valence-corrected chi connectivity index (χ1v) is 4.33. The molecular weight excluding hydrogens is 230 g/mol. The second-order valence-corrected chi connectivity index (χ2v) is 2.97. The molecule has 0 saturated carbocycles. The second kappa shape index (κ2) is 5.30. The molecule has 1 aliphatic carbocycles. The summed E-state index contributed by atoms with van der Waals surface area (Å²) < 4.78 is 0. The van der Waals surface area contributed by atoms with E-state index in [0.29, 0.717) is 0 Å². The molecule has 94 valence electrons. The van der Waals surface area contributed by atoms with E-state index in [4.69, 9.17) is 11.6 Å². The number of rotatable bonds is 3. The van der Waals surface area contributed by atoms with E-state index in [2.05, 4.69) is 13.2 Å². The van der Waals surface area contributed by atoms with E-state index in [0.717, 1.165) is 12.2 Å². The molecule has 0 aromatic heterocycles. The number of hydrogen-bond donors (Lipinski definition) is 3. The van der Waals surface area contributed by atoms with Gasteiger partial charge in [0.05, 0.1) is 6.08 Å². The fourth-order valence-electron chi connectivity index (χ4n) is 1.30. The molecule has 0 radical (unpaired) electrons. The van der Waals surface area contributed by atoms with E-state index in [1.807, 2.05) is 5.43 Å². The van der Waals surface area contributed by atoms with Gasteiger partial charge in [0.25, 0.3) is 0 Å². The van der Waals surface area contributed by atoms with E-state index in [9.17, 15) is 20.2 Å². The Morgan fingerprint density at radius 1 is 1.12 bits per heavy atom. The van der Waals surface area contributed by atoms with Crippen molar-refractivity contribution in [2.75, 3.05) is 0 Å². The lowest BCUT2D eigenvalue weighted by Gasteiger charge is -2.30. The number of nitrogens with one attached hydrogen (secondary N) is 1. The zero-order valence-electron chi connectivity index (χ0n) is 8.91. The molecule has 1 atom stereocenters. The summed E-state index contributed by atoms with van der Waals surface area (Å²) in [6.07, 6.45) is 4.37. The summed E-state index contributed by atoms with van der Waals surface area (Å²) in [5.74, 6) is 5.02. The van der Waals surface area contributed by atoms with Crippen LogP contribution in [0.1, 0.15) is 0 Å². The van der Waals surface area contributed by atoms with Gasteiger partial charge in [0, 0.05) is 0 Å². The van der Waals surface area contributed by atoms with Crippen molar-refractivity contribution in [1.82, 2.24) is 5.43 Å². The van der Waals surface area contributed by atoms with Crippen LogP contribution >= 0.6 is 0 Å². The summed E-state index contributed by atoms with van der Waals surface area (Å²) in [6, 6.07) is 0. The highest BCUT2D eigenvalue weighted by Crippen LogP contribution is 2.27. The molecule has 0 saturated heterocycles.